The van der Waals surface area contributed by atoms with Crippen LogP contribution in [0, 0.1) is 6.92 Å². The summed E-state index contributed by atoms with van der Waals surface area (Å²) in [6.07, 6.45) is 0. The number of aromatic nitrogens is 2. The second-order valence-electron chi connectivity index (χ2n) is 4.53. The number of aryl methyl sites for hydroxylation is 1. The van der Waals surface area contributed by atoms with Crippen molar-refractivity contribution in [3.05, 3.63) is 41.7 Å². The van der Waals surface area contributed by atoms with Gasteiger partial charge in [0, 0.05) is 25.4 Å². The van der Waals surface area contributed by atoms with Crippen LogP contribution in [0.3, 0.4) is 0 Å². The summed E-state index contributed by atoms with van der Waals surface area (Å²) in [5.74, 6) is 0.533. The first-order valence-electron chi connectivity index (χ1n) is 6.64. The lowest BCUT2D eigenvalue weighted by Crippen LogP contribution is -2.27. The molecule has 0 saturated carbocycles. The van der Waals surface area contributed by atoms with Gasteiger partial charge < -0.3 is 14.8 Å². The minimum absolute atomic E-state index is 0.211. The fourth-order valence-corrected chi connectivity index (χ4v) is 1.95. The third-order valence-electron chi connectivity index (χ3n) is 3.01. The van der Waals surface area contributed by atoms with Gasteiger partial charge in [-0.15, -0.1) is 0 Å². The van der Waals surface area contributed by atoms with Crippen molar-refractivity contribution >= 4 is 5.91 Å². The van der Waals surface area contributed by atoms with Crippen molar-refractivity contribution in [1.82, 2.24) is 15.1 Å². The molecule has 1 N–H and O–H groups in total. The van der Waals surface area contributed by atoms with E-state index in [1.165, 1.54) is 0 Å². The number of methoxy groups -OCH3 is 2. The first-order chi connectivity index (χ1) is 10.2. The van der Waals surface area contributed by atoms with E-state index in [-0.39, 0.29) is 5.91 Å². The van der Waals surface area contributed by atoms with Gasteiger partial charge in [-0.2, -0.15) is 5.10 Å². The van der Waals surface area contributed by atoms with Gasteiger partial charge in [0.05, 0.1) is 19.4 Å². The van der Waals surface area contributed by atoms with Gasteiger partial charge in [-0.05, 0) is 25.1 Å². The Hall–Kier alpha value is -2.34. The third kappa shape index (κ3) is 3.61. The van der Waals surface area contributed by atoms with Crippen molar-refractivity contribution in [1.29, 1.82) is 0 Å². The quantitative estimate of drug-likeness (QED) is 0.820. The Balaban J connectivity index is 2.20. The van der Waals surface area contributed by atoms with Crippen LogP contribution in [0.5, 0.6) is 5.75 Å². The van der Waals surface area contributed by atoms with Crippen LogP contribution in [0.15, 0.2) is 30.3 Å². The number of nitrogens with one attached hydrogen (secondary N) is 1. The van der Waals surface area contributed by atoms with E-state index in [4.69, 9.17) is 9.47 Å². The zero-order valence-corrected chi connectivity index (χ0v) is 12.4. The Morgan fingerprint density at radius 1 is 1.33 bits per heavy atom. The molecule has 0 fully saturated rings. The molecule has 21 heavy (non-hydrogen) atoms. The van der Waals surface area contributed by atoms with Crippen molar-refractivity contribution in [2.45, 2.75) is 6.92 Å². The lowest BCUT2D eigenvalue weighted by atomic mass is 10.3. The fourth-order valence-electron chi connectivity index (χ4n) is 1.95. The molecule has 2 rings (SSSR count). The third-order valence-corrected chi connectivity index (χ3v) is 3.01. The van der Waals surface area contributed by atoms with E-state index in [9.17, 15) is 4.79 Å². The SMILES string of the molecule is COCCNC(=O)c1cc(C)n(-c2cccc(OC)c2)n1. The van der Waals surface area contributed by atoms with Crippen molar-refractivity contribution in [2.75, 3.05) is 27.4 Å². The summed E-state index contributed by atoms with van der Waals surface area (Å²) >= 11 is 0. The number of amides is 1. The minimum Gasteiger partial charge on any atom is -0.497 e. The molecule has 0 unspecified atom stereocenters. The van der Waals surface area contributed by atoms with Crippen LogP contribution in [0.2, 0.25) is 0 Å². The zero-order chi connectivity index (χ0) is 15.2. The van der Waals surface area contributed by atoms with Crippen molar-refractivity contribution in [3.8, 4) is 11.4 Å². The number of nitrogens with zero attached hydrogens (tertiary/aromatic N) is 2. The average molecular weight is 289 g/mol. The van der Waals surface area contributed by atoms with Gasteiger partial charge >= 0.3 is 0 Å². The number of benzene rings is 1. The Kier molecular flexibility index (Phi) is 4.94. The topological polar surface area (TPSA) is 65.4 Å². The summed E-state index contributed by atoms with van der Waals surface area (Å²) in [6.45, 7) is 2.83. The van der Waals surface area contributed by atoms with Crippen molar-refractivity contribution in [2.24, 2.45) is 0 Å². The first kappa shape index (κ1) is 15.1. The van der Waals surface area contributed by atoms with Gasteiger partial charge in [-0.1, -0.05) is 6.07 Å². The Labute approximate surface area is 123 Å². The summed E-state index contributed by atoms with van der Waals surface area (Å²) in [7, 11) is 3.21. The van der Waals surface area contributed by atoms with Crippen molar-refractivity contribution < 1.29 is 14.3 Å². The lowest BCUT2D eigenvalue weighted by molar-refractivity contribution is 0.0931. The van der Waals surface area contributed by atoms with E-state index >= 15 is 0 Å². The predicted molar refractivity (Wildman–Crippen MR) is 79.1 cm³/mol. The van der Waals surface area contributed by atoms with Crippen LogP contribution in [0.25, 0.3) is 5.69 Å². The molecule has 0 saturated heterocycles. The van der Waals surface area contributed by atoms with Crippen LogP contribution >= 0.6 is 0 Å². The molecule has 1 amide bonds. The van der Waals surface area contributed by atoms with Gasteiger partial charge in [0.15, 0.2) is 5.69 Å². The maximum absolute atomic E-state index is 12.0. The highest BCUT2D eigenvalue weighted by Gasteiger charge is 2.13. The molecule has 112 valence electrons. The molecule has 0 aliphatic carbocycles. The Morgan fingerprint density at radius 2 is 2.14 bits per heavy atom. The lowest BCUT2D eigenvalue weighted by Gasteiger charge is -2.06. The highest BCUT2D eigenvalue weighted by atomic mass is 16.5. The summed E-state index contributed by atoms with van der Waals surface area (Å²) < 4.78 is 11.8. The van der Waals surface area contributed by atoms with E-state index < -0.39 is 0 Å². The molecule has 0 bridgehead atoms. The van der Waals surface area contributed by atoms with Crippen LogP contribution in [0.1, 0.15) is 16.2 Å². The molecule has 0 radical (unpaired) electrons. The number of carbonyl (C=O) groups is 1. The molecule has 0 spiro atoms. The molecular weight excluding hydrogens is 270 g/mol. The fraction of sp³-hybridized carbons (Fsp3) is 0.333. The second kappa shape index (κ2) is 6.90. The minimum atomic E-state index is -0.211. The number of hydrogen-bond donors (Lipinski definition) is 1. The molecule has 0 aliphatic heterocycles. The van der Waals surface area contributed by atoms with Crippen LogP contribution in [-0.2, 0) is 4.74 Å². The number of rotatable bonds is 6. The van der Waals surface area contributed by atoms with Crippen LogP contribution in [-0.4, -0.2) is 43.1 Å². The Morgan fingerprint density at radius 3 is 2.86 bits per heavy atom. The normalized spacial score (nSPS) is 10.4. The highest BCUT2D eigenvalue weighted by molar-refractivity contribution is 5.92. The molecule has 1 aromatic heterocycles. The van der Waals surface area contributed by atoms with Crippen LogP contribution < -0.4 is 10.1 Å². The number of carbonyl (C=O) groups excluding carboxylic acids is 1. The number of ether oxygens (including phenoxy) is 2. The van der Waals surface area contributed by atoms with Crippen molar-refractivity contribution in [3.63, 3.8) is 0 Å². The summed E-state index contributed by atoms with van der Waals surface area (Å²) in [4.78, 5) is 12.0. The largest absolute Gasteiger partial charge is 0.497 e. The van der Waals surface area contributed by atoms with Gasteiger partial charge in [-0.25, -0.2) is 4.68 Å². The highest BCUT2D eigenvalue weighted by Crippen LogP contribution is 2.18. The predicted octanol–water partition coefficient (Wildman–Crippen LogP) is 1.57. The summed E-state index contributed by atoms with van der Waals surface area (Å²) in [5, 5.41) is 7.09. The monoisotopic (exact) mass is 289 g/mol. The molecule has 6 nitrogen and oxygen atoms in total. The van der Waals surface area contributed by atoms with E-state index in [1.807, 2.05) is 31.2 Å². The maximum atomic E-state index is 12.0. The summed E-state index contributed by atoms with van der Waals surface area (Å²) in [5.41, 5.74) is 2.11. The molecule has 2 aromatic rings. The molecule has 6 heteroatoms. The van der Waals surface area contributed by atoms with E-state index in [0.29, 0.717) is 18.8 Å². The smallest absolute Gasteiger partial charge is 0.271 e. The standard InChI is InChI=1S/C15H19N3O3/c1-11-9-14(15(19)16-7-8-20-2)17-18(11)12-5-4-6-13(10-12)21-3/h4-6,9-10H,7-8H2,1-3H3,(H,16,19). The molecular formula is C15H19N3O3. The zero-order valence-electron chi connectivity index (χ0n) is 12.4. The molecule has 1 heterocycles. The van der Waals surface area contributed by atoms with E-state index in [2.05, 4.69) is 10.4 Å². The average Bonchev–Trinajstić information content (AvgIpc) is 2.89. The number of hydrogen-bond acceptors (Lipinski definition) is 4. The van der Waals surface area contributed by atoms with E-state index in [0.717, 1.165) is 17.1 Å². The summed E-state index contributed by atoms with van der Waals surface area (Å²) in [6, 6.07) is 9.28. The molecule has 1 aromatic carbocycles. The van der Waals surface area contributed by atoms with Gasteiger partial charge in [0.2, 0.25) is 0 Å². The van der Waals surface area contributed by atoms with Crippen LogP contribution in [0.4, 0.5) is 0 Å². The van der Waals surface area contributed by atoms with Gasteiger partial charge in [-0.3, -0.25) is 4.79 Å². The molecule has 0 aliphatic rings. The second-order valence-corrected chi connectivity index (χ2v) is 4.53. The van der Waals surface area contributed by atoms with Gasteiger partial charge in [0.1, 0.15) is 5.75 Å². The van der Waals surface area contributed by atoms with Gasteiger partial charge in [0.25, 0.3) is 5.91 Å². The maximum Gasteiger partial charge on any atom is 0.271 e. The Bertz CT molecular complexity index is 622. The molecule has 0 atom stereocenters. The first-order valence-corrected chi connectivity index (χ1v) is 6.64. The van der Waals surface area contributed by atoms with E-state index in [1.54, 1.807) is 25.0 Å².